The standard InChI is InChI=1S/C15H20S3/c1-4-9-16-14-7-8-15(13(5-2)12(14)3)17-10-6-11-18-15/h1,5,14H,2,6-11H2,3H3. The van der Waals surface area contributed by atoms with E-state index >= 15 is 0 Å². The van der Waals surface area contributed by atoms with Gasteiger partial charge in [-0.3, -0.25) is 0 Å². The molecule has 1 spiro atoms. The van der Waals surface area contributed by atoms with Crippen LogP contribution in [0.5, 0.6) is 0 Å². The van der Waals surface area contributed by atoms with Crippen LogP contribution in [0, 0.1) is 12.3 Å². The van der Waals surface area contributed by atoms with Crippen LogP contribution in [0.4, 0.5) is 0 Å². The maximum atomic E-state index is 5.38. The second kappa shape index (κ2) is 6.50. The normalized spacial score (nSPS) is 27.0. The molecular formula is C15H20S3. The van der Waals surface area contributed by atoms with Crippen molar-refractivity contribution in [2.45, 2.75) is 35.5 Å². The van der Waals surface area contributed by atoms with Crippen molar-refractivity contribution in [1.82, 2.24) is 0 Å². The van der Waals surface area contributed by atoms with Crippen molar-refractivity contribution >= 4 is 35.3 Å². The lowest BCUT2D eigenvalue weighted by Gasteiger charge is -2.43. The number of terminal acetylenes is 1. The van der Waals surface area contributed by atoms with Crippen LogP contribution in [0.15, 0.2) is 23.8 Å². The summed E-state index contributed by atoms with van der Waals surface area (Å²) >= 11 is 6.18. The molecule has 1 fully saturated rings. The third-order valence-electron chi connectivity index (χ3n) is 3.58. The van der Waals surface area contributed by atoms with E-state index in [0.717, 1.165) is 5.75 Å². The van der Waals surface area contributed by atoms with Crippen LogP contribution in [-0.4, -0.2) is 26.6 Å². The van der Waals surface area contributed by atoms with Crippen molar-refractivity contribution in [1.29, 1.82) is 0 Å². The number of rotatable bonds is 3. The van der Waals surface area contributed by atoms with E-state index in [2.05, 4.69) is 49.0 Å². The second-order valence-electron chi connectivity index (χ2n) is 4.65. The van der Waals surface area contributed by atoms with Crippen LogP contribution in [0.1, 0.15) is 26.2 Å². The van der Waals surface area contributed by atoms with Gasteiger partial charge in [0.2, 0.25) is 0 Å². The Morgan fingerprint density at radius 2 is 2.28 bits per heavy atom. The molecule has 0 N–H and O–H groups in total. The molecule has 1 aliphatic heterocycles. The Morgan fingerprint density at radius 3 is 2.89 bits per heavy atom. The largest absolute Gasteiger partial charge is 0.141 e. The zero-order valence-corrected chi connectivity index (χ0v) is 13.4. The van der Waals surface area contributed by atoms with Gasteiger partial charge in [-0.05, 0) is 43.3 Å². The van der Waals surface area contributed by atoms with E-state index in [1.807, 2.05) is 11.8 Å². The van der Waals surface area contributed by atoms with Gasteiger partial charge in [0.1, 0.15) is 0 Å². The quantitative estimate of drug-likeness (QED) is 0.699. The highest BCUT2D eigenvalue weighted by atomic mass is 32.2. The fourth-order valence-corrected chi connectivity index (χ4v) is 7.23. The number of allylic oxidation sites excluding steroid dienone is 1. The average molecular weight is 297 g/mol. The van der Waals surface area contributed by atoms with Crippen LogP contribution >= 0.6 is 35.3 Å². The van der Waals surface area contributed by atoms with E-state index in [4.69, 9.17) is 6.42 Å². The van der Waals surface area contributed by atoms with Crippen LogP contribution in [0.3, 0.4) is 0 Å². The van der Waals surface area contributed by atoms with E-state index in [1.165, 1.54) is 41.9 Å². The van der Waals surface area contributed by atoms with Gasteiger partial charge in [-0.25, -0.2) is 0 Å². The second-order valence-corrected chi connectivity index (χ2v) is 8.88. The number of thioether (sulfide) groups is 3. The number of hydrogen-bond acceptors (Lipinski definition) is 3. The molecule has 0 bridgehead atoms. The first kappa shape index (κ1) is 14.5. The first-order valence-electron chi connectivity index (χ1n) is 6.40. The highest BCUT2D eigenvalue weighted by molar-refractivity contribution is 8.19. The Hall–Kier alpha value is 0.0900. The minimum atomic E-state index is 0.303. The summed E-state index contributed by atoms with van der Waals surface area (Å²) in [5, 5.41) is 0.600. The molecule has 0 saturated carbocycles. The molecule has 0 aromatic carbocycles. The van der Waals surface area contributed by atoms with Gasteiger partial charge in [0.15, 0.2) is 0 Å². The topological polar surface area (TPSA) is 0 Å². The lowest BCUT2D eigenvalue weighted by atomic mass is 9.91. The fourth-order valence-electron chi connectivity index (χ4n) is 2.69. The summed E-state index contributed by atoms with van der Waals surface area (Å²) in [6.45, 7) is 6.34. The molecule has 1 unspecified atom stereocenters. The van der Waals surface area contributed by atoms with Crippen molar-refractivity contribution in [2.24, 2.45) is 0 Å². The number of hydrogen-bond donors (Lipinski definition) is 0. The third kappa shape index (κ3) is 2.81. The highest BCUT2D eigenvalue weighted by Gasteiger charge is 2.41. The molecule has 0 radical (unpaired) electrons. The molecular weight excluding hydrogens is 276 g/mol. The first-order valence-corrected chi connectivity index (χ1v) is 9.42. The summed E-state index contributed by atoms with van der Waals surface area (Å²) in [6.07, 6.45) is 11.3. The monoisotopic (exact) mass is 296 g/mol. The fraction of sp³-hybridized carbons (Fsp3) is 0.600. The van der Waals surface area contributed by atoms with Crippen molar-refractivity contribution < 1.29 is 0 Å². The summed E-state index contributed by atoms with van der Waals surface area (Å²) in [7, 11) is 0. The molecule has 3 heteroatoms. The predicted molar refractivity (Wildman–Crippen MR) is 89.5 cm³/mol. The molecule has 1 heterocycles. The SMILES string of the molecule is C#CCSC1CCC2(SCCCS2)C(C=C)=C1C. The molecule has 1 atom stereocenters. The zero-order valence-electron chi connectivity index (χ0n) is 10.9. The van der Waals surface area contributed by atoms with E-state index < -0.39 is 0 Å². The lowest BCUT2D eigenvalue weighted by Crippen LogP contribution is -2.34. The van der Waals surface area contributed by atoms with Crippen molar-refractivity contribution in [3.05, 3.63) is 23.8 Å². The minimum Gasteiger partial charge on any atom is -0.141 e. The van der Waals surface area contributed by atoms with Crippen LogP contribution < -0.4 is 0 Å². The van der Waals surface area contributed by atoms with Crippen LogP contribution in [-0.2, 0) is 0 Å². The van der Waals surface area contributed by atoms with Crippen LogP contribution in [0.25, 0.3) is 0 Å². The minimum absolute atomic E-state index is 0.303. The lowest BCUT2D eigenvalue weighted by molar-refractivity contribution is 0.675. The summed E-state index contributed by atoms with van der Waals surface area (Å²) in [5.41, 5.74) is 3.00. The first-order chi connectivity index (χ1) is 8.73. The predicted octanol–water partition coefficient (Wildman–Crippen LogP) is 4.58. The van der Waals surface area contributed by atoms with Crippen molar-refractivity contribution in [2.75, 3.05) is 17.3 Å². The van der Waals surface area contributed by atoms with E-state index in [0.29, 0.717) is 9.33 Å². The Kier molecular flexibility index (Phi) is 5.24. The van der Waals surface area contributed by atoms with Gasteiger partial charge in [0, 0.05) is 5.25 Å². The Morgan fingerprint density at radius 1 is 1.56 bits per heavy atom. The summed E-state index contributed by atoms with van der Waals surface area (Å²) < 4.78 is 0.303. The zero-order chi connectivity index (χ0) is 13.0. The average Bonchev–Trinajstić information content (AvgIpc) is 2.40. The molecule has 0 nitrogen and oxygen atoms in total. The molecule has 1 aliphatic carbocycles. The van der Waals surface area contributed by atoms with Gasteiger partial charge in [-0.1, -0.05) is 24.1 Å². The van der Waals surface area contributed by atoms with E-state index in [-0.39, 0.29) is 0 Å². The molecule has 1 saturated heterocycles. The van der Waals surface area contributed by atoms with Gasteiger partial charge in [-0.2, -0.15) is 0 Å². The summed E-state index contributed by atoms with van der Waals surface area (Å²) in [5.74, 6) is 6.15. The van der Waals surface area contributed by atoms with E-state index in [1.54, 1.807) is 0 Å². The van der Waals surface area contributed by atoms with E-state index in [9.17, 15) is 0 Å². The maximum absolute atomic E-state index is 5.38. The van der Waals surface area contributed by atoms with Gasteiger partial charge in [-0.15, -0.1) is 41.7 Å². The Bertz CT molecular complexity index is 383. The molecule has 0 aromatic heterocycles. The smallest absolute Gasteiger partial charge is 0.0860 e. The molecule has 0 aromatic rings. The third-order valence-corrected chi connectivity index (χ3v) is 8.38. The summed E-state index contributed by atoms with van der Waals surface area (Å²) in [4.78, 5) is 0. The van der Waals surface area contributed by atoms with Gasteiger partial charge in [0.25, 0.3) is 0 Å². The van der Waals surface area contributed by atoms with Crippen molar-refractivity contribution in [3.63, 3.8) is 0 Å². The van der Waals surface area contributed by atoms with Crippen molar-refractivity contribution in [3.8, 4) is 12.3 Å². The Balaban J connectivity index is 2.23. The molecule has 2 aliphatic rings. The highest BCUT2D eigenvalue weighted by Crippen LogP contribution is 2.55. The van der Waals surface area contributed by atoms with Gasteiger partial charge >= 0.3 is 0 Å². The summed E-state index contributed by atoms with van der Waals surface area (Å²) in [6, 6.07) is 0. The van der Waals surface area contributed by atoms with Gasteiger partial charge in [0.05, 0.1) is 9.83 Å². The Labute approximate surface area is 124 Å². The molecule has 98 valence electrons. The molecule has 0 amide bonds. The maximum Gasteiger partial charge on any atom is 0.0860 e. The van der Waals surface area contributed by atoms with Crippen LogP contribution in [0.2, 0.25) is 0 Å². The van der Waals surface area contributed by atoms with Gasteiger partial charge < -0.3 is 0 Å². The molecule has 18 heavy (non-hydrogen) atoms. The molecule has 2 rings (SSSR count).